The Hall–Kier alpha value is -2.32. The second-order valence-electron chi connectivity index (χ2n) is 3.86. The molecular formula is C14H13N3OS. The van der Waals surface area contributed by atoms with E-state index >= 15 is 0 Å². The third-order valence-electron chi connectivity index (χ3n) is 2.36. The molecule has 2 rings (SSSR count). The van der Waals surface area contributed by atoms with E-state index in [1.165, 1.54) is 18.3 Å². The number of nitrogen functional groups attached to an aromatic ring is 1. The molecule has 2 aromatic rings. The van der Waals surface area contributed by atoms with Gasteiger partial charge in [0.2, 0.25) is 5.91 Å². The molecule has 0 fully saturated rings. The quantitative estimate of drug-likeness (QED) is 0.819. The molecule has 19 heavy (non-hydrogen) atoms. The molecule has 0 aliphatic heterocycles. The van der Waals surface area contributed by atoms with Crippen LogP contribution in [0, 0.1) is 11.8 Å². The lowest BCUT2D eigenvalue weighted by atomic mass is 10.1. The van der Waals surface area contributed by atoms with Gasteiger partial charge < -0.3 is 11.1 Å². The van der Waals surface area contributed by atoms with Crippen molar-refractivity contribution in [1.29, 1.82) is 0 Å². The number of carbonyl (C=O) groups excluding carboxylic acids is 1. The van der Waals surface area contributed by atoms with Crippen molar-refractivity contribution in [3.05, 3.63) is 35.2 Å². The standard InChI is InChI=1S/C14H13N3OS/c1-10(18)16-8-2-3-11-4-6-12(7-5-11)13-9-19-14(15)17-13/h4-7,9H,8H2,1H3,(H2,15,17)(H,16,18). The van der Waals surface area contributed by atoms with Gasteiger partial charge in [-0.2, -0.15) is 0 Å². The van der Waals surface area contributed by atoms with Gasteiger partial charge in [0, 0.05) is 23.4 Å². The molecule has 0 aliphatic carbocycles. The molecule has 0 atom stereocenters. The Morgan fingerprint density at radius 3 is 2.74 bits per heavy atom. The molecule has 96 valence electrons. The van der Waals surface area contributed by atoms with Crippen LogP contribution in [0.15, 0.2) is 29.6 Å². The van der Waals surface area contributed by atoms with E-state index in [-0.39, 0.29) is 5.91 Å². The van der Waals surface area contributed by atoms with Crippen molar-refractivity contribution in [3.63, 3.8) is 0 Å². The summed E-state index contributed by atoms with van der Waals surface area (Å²) in [5, 5.41) is 5.11. The summed E-state index contributed by atoms with van der Waals surface area (Å²) in [6.45, 7) is 1.83. The number of rotatable bonds is 2. The molecule has 0 spiro atoms. The first-order valence-corrected chi connectivity index (χ1v) is 6.58. The summed E-state index contributed by atoms with van der Waals surface area (Å²) >= 11 is 1.42. The smallest absolute Gasteiger partial charge is 0.217 e. The van der Waals surface area contributed by atoms with Crippen molar-refractivity contribution in [1.82, 2.24) is 10.3 Å². The zero-order valence-electron chi connectivity index (χ0n) is 10.4. The minimum atomic E-state index is -0.0780. The Balaban J connectivity index is 2.04. The van der Waals surface area contributed by atoms with E-state index in [4.69, 9.17) is 5.73 Å². The molecule has 0 aliphatic rings. The maximum atomic E-state index is 10.7. The predicted octanol–water partition coefficient (Wildman–Crippen LogP) is 1.88. The zero-order chi connectivity index (χ0) is 13.7. The number of aromatic nitrogens is 1. The van der Waals surface area contributed by atoms with Gasteiger partial charge >= 0.3 is 0 Å². The molecule has 0 radical (unpaired) electrons. The number of anilines is 1. The summed E-state index contributed by atoms with van der Waals surface area (Å²) in [6.07, 6.45) is 0. The SMILES string of the molecule is CC(=O)NCC#Cc1ccc(-c2csc(N)n2)cc1. The topological polar surface area (TPSA) is 68.0 Å². The molecule has 1 amide bonds. The van der Waals surface area contributed by atoms with Crippen LogP contribution in [-0.4, -0.2) is 17.4 Å². The molecule has 0 bridgehead atoms. The summed E-state index contributed by atoms with van der Waals surface area (Å²) < 4.78 is 0. The molecule has 0 saturated carbocycles. The fraction of sp³-hybridized carbons (Fsp3) is 0.143. The fourth-order valence-electron chi connectivity index (χ4n) is 1.46. The van der Waals surface area contributed by atoms with Crippen LogP contribution in [0.5, 0.6) is 0 Å². The number of benzene rings is 1. The second kappa shape index (κ2) is 6.03. The van der Waals surface area contributed by atoms with Crippen LogP contribution in [-0.2, 0) is 4.79 Å². The first-order chi connectivity index (χ1) is 9.15. The Labute approximate surface area is 115 Å². The first-order valence-electron chi connectivity index (χ1n) is 5.70. The Kier molecular flexibility index (Phi) is 4.16. The van der Waals surface area contributed by atoms with Crippen molar-refractivity contribution in [2.75, 3.05) is 12.3 Å². The van der Waals surface area contributed by atoms with E-state index in [0.29, 0.717) is 11.7 Å². The van der Waals surface area contributed by atoms with E-state index in [0.717, 1.165) is 16.8 Å². The van der Waals surface area contributed by atoms with Gasteiger partial charge in [-0.25, -0.2) is 4.98 Å². The second-order valence-corrected chi connectivity index (χ2v) is 4.75. The lowest BCUT2D eigenvalue weighted by Crippen LogP contribution is -2.19. The Morgan fingerprint density at radius 2 is 2.16 bits per heavy atom. The first kappa shape index (κ1) is 13.1. The van der Waals surface area contributed by atoms with Crippen molar-refractivity contribution < 1.29 is 4.79 Å². The van der Waals surface area contributed by atoms with E-state index in [2.05, 4.69) is 22.1 Å². The van der Waals surface area contributed by atoms with Crippen LogP contribution in [0.25, 0.3) is 11.3 Å². The highest BCUT2D eigenvalue weighted by Crippen LogP contribution is 2.22. The monoisotopic (exact) mass is 271 g/mol. The van der Waals surface area contributed by atoms with Gasteiger partial charge in [0.05, 0.1) is 12.2 Å². The molecule has 0 unspecified atom stereocenters. The fourth-order valence-corrected chi connectivity index (χ4v) is 2.03. The molecule has 0 saturated heterocycles. The molecule has 5 heteroatoms. The zero-order valence-corrected chi connectivity index (χ0v) is 11.3. The normalized spacial score (nSPS) is 9.53. The van der Waals surface area contributed by atoms with Crippen molar-refractivity contribution in [2.24, 2.45) is 0 Å². The van der Waals surface area contributed by atoms with Crippen molar-refractivity contribution >= 4 is 22.4 Å². The van der Waals surface area contributed by atoms with Gasteiger partial charge in [0.1, 0.15) is 0 Å². The Bertz CT molecular complexity index is 635. The summed E-state index contributed by atoms with van der Waals surface area (Å²) in [4.78, 5) is 14.9. The number of hydrogen-bond donors (Lipinski definition) is 2. The van der Waals surface area contributed by atoms with E-state index in [1.807, 2.05) is 29.6 Å². The van der Waals surface area contributed by atoms with Crippen LogP contribution in [0.1, 0.15) is 12.5 Å². The highest BCUT2D eigenvalue weighted by atomic mass is 32.1. The van der Waals surface area contributed by atoms with Crippen LogP contribution >= 0.6 is 11.3 Å². The molecule has 1 heterocycles. The van der Waals surface area contributed by atoms with Crippen LogP contribution in [0.3, 0.4) is 0 Å². The lowest BCUT2D eigenvalue weighted by Gasteiger charge is -1.96. The van der Waals surface area contributed by atoms with Crippen LogP contribution in [0.4, 0.5) is 5.13 Å². The molecule has 1 aromatic heterocycles. The summed E-state index contributed by atoms with van der Waals surface area (Å²) in [5.74, 6) is 5.78. The maximum absolute atomic E-state index is 10.7. The van der Waals surface area contributed by atoms with Gasteiger partial charge in [0.25, 0.3) is 0 Å². The summed E-state index contributed by atoms with van der Waals surface area (Å²) in [6, 6.07) is 7.76. The van der Waals surface area contributed by atoms with Gasteiger partial charge in [-0.05, 0) is 12.1 Å². The van der Waals surface area contributed by atoms with Crippen molar-refractivity contribution in [3.8, 4) is 23.1 Å². The number of nitrogens with zero attached hydrogens (tertiary/aromatic N) is 1. The predicted molar refractivity (Wildman–Crippen MR) is 77.5 cm³/mol. The largest absolute Gasteiger partial charge is 0.375 e. The third-order valence-corrected chi connectivity index (χ3v) is 3.03. The number of nitrogens with one attached hydrogen (secondary N) is 1. The average molecular weight is 271 g/mol. The van der Waals surface area contributed by atoms with Gasteiger partial charge in [-0.1, -0.05) is 24.0 Å². The molecule has 3 N–H and O–H groups in total. The van der Waals surface area contributed by atoms with Gasteiger partial charge in [-0.3, -0.25) is 4.79 Å². The van der Waals surface area contributed by atoms with E-state index in [9.17, 15) is 4.79 Å². The maximum Gasteiger partial charge on any atom is 0.217 e. The third kappa shape index (κ3) is 3.83. The number of hydrogen-bond acceptors (Lipinski definition) is 4. The summed E-state index contributed by atoms with van der Waals surface area (Å²) in [5.41, 5.74) is 8.39. The lowest BCUT2D eigenvalue weighted by molar-refractivity contribution is -0.118. The summed E-state index contributed by atoms with van der Waals surface area (Å²) in [7, 11) is 0. The van der Waals surface area contributed by atoms with E-state index < -0.39 is 0 Å². The minimum Gasteiger partial charge on any atom is -0.375 e. The van der Waals surface area contributed by atoms with Crippen LogP contribution in [0.2, 0.25) is 0 Å². The number of carbonyl (C=O) groups is 1. The van der Waals surface area contributed by atoms with E-state index in [1.54, 1.807) is 0 Å². The van der Waals surface area contributed by atoms with Crippen LogP contribution < -0.4 is 11.1 Å². The van der Waals surface area contributed by atoms with Gasteiger partial charge in [0.15, 0.2) is 5.13 Å². The number of amides is 1. The van der Waals surface area contributed by atoms with Gasteiger partial charge in [-0.15, -0.1) is 11.3 Å². The van der Waals surface area contributed by atoms with Crippen molar-refractivity contribution in [2.45, 2.75) is 6.92 Å². The highest BCUT2D eigenvalue weighted by molar-refractivity contribution is 7.13. The average Bonchev–Trinajstić information content (AvgIpc) is 2.82. The highest BCUT2D eigenvalue weighted by Gasteiger charge is 2.01. The molecular weight excluding hydrogens is 258 g/mol. The number of thiazole rings is 1. The minimum absolute atomic E-state index is 0.0780. The molecule has 1 aromatic carbocycles. The Morgan fingerprint density at radius 1 is 1.42 bits per heavy atom. The number of nitrogens with two attached hydrogens (primary N) is 1. The molecule has 4 nitrogen and oxygen atoms in total.